The van der Waals surface area contributed by atoms with Gasteiger partial charge in [0.15, 0.2) is 5.11 Å². The van der Waals surface area contributed by atoms with Gasteiger partial charge >= 0.3 is 0 Å². The van der Waals surface area contributed by atoms with E-state index in [0.717, 1.165) is 0 Å². The van der Waals surface area contributed by atoms with Crippen LogP contribution in [0.4, 0.5) is 5.69 Å². The monoisotopic (exact) mass is 341 g/mol. The highest BCUT2D eigenvalue weighted by molar-refractivity contribution is 7.91. The lowest BCUT2D eigenvalue weighted by atomic mass is 10.3. The van der Waals surface area contributed by atoms with E-state index in [2.05, 4.69) is 10.7 Å². The fourth-order valence-corrected chi connectivity index (χ4v) is 3.14. The van der Waals surface area contributed by atoms with Crippen molar-refractivity contribution < 1.29 is 8.42 Å². The third-order valence-electron chi connectivity index (χ3n) is 2.68. The summed E-state index contributed by atoms with van der Waals surface area (Å²) in [6.07, 6.45) is 0. The highest BCUT2D eigenvalue weighted by Gasteiger charge is 2.17. The molecule has 5 nitrogen and oxygen atoms in total. The lowest BCUT2D eigenvalue weighted by Crippen LogP contribution is -2.34. The number of nitrogens with one attached hydrogen (secondary N) is 2. The van der Waals surface area contributed by atoms with Gasteiger partial charge in [-0.15, -0.1) is 0 Å². The van der Waals surface area contributed by atoms with Gasteiger partial charge in [-0.2, -0.15) is 0 Å². The van der Waals surface area contributed by atoms with Gasteiger partial charge in [-0.1, -0.05) is 11.6 Å². The van der Waals surface area contributed by atoms with Crippen LogP contribution in [0.5, 0.6) is 0 Å². The van der Waals surface area contributed by atoms with Crippen LogP contribution in [0.2, 0.25) is 5.02 Å². The molecule has 2 rings (SSSR count). The second-order valence-electron chi connectivity index (χ2n) is 4.08. The number of hydrogen-bond donors (Lipinski definition) is 3. The third kappa shape index (κ3) is 3.70. The third-order valence-corrected chi connectivity index (χ3v) is 4.93. The predicted molar refractivity (Wildman–Crippen MR) is 86.9 cm³/mol. The van der Waals surface area contributed by atoms with Gasteiger partial charge in [0.05, 0.1) is 9.79 Å². The number of thiocarbonyl (C=S) groups is 1. The van der Waals surface area contributed by atoms with Crippen LogP contribution >= 0.6 is 23.8 Å². The van der Waals surface area contributed by atoms with E-state index < -0.39 is 9.84 Å². The molecule has 0 saturated carbocycles. The number of rotatable bonds is 3. The zero-order valence-corrected chi connectivity index (χ0v) is 13.1. The normalized spacial score (nSPS) is 11.0. The molecule has 0 aliphatic rings. The smallest absolute Gasteiger partial charge is 0.206 e. The lowest BCUT2D eigenvalue weighted by Gasteiger charge is -2.08. The van der Waals surface area contributed by atoms with E-state index in [9.17, 15) is 8.42 Å². The van der Waals surface area contributed by atoms with Gasteiger partial charge in [0.2, 0.25) is 9.84 Å². The van der Waals surface area contributed by atoms with Gasteiger partial charge < -0.3 is 10.7 Å². The maximum absolute atomic E-state index is 12.4. The predicted octanol–water partition coefficient (Wildman–Crippen LogP) is 2.33. The molecule has 0 radical (unpaired) electrons. The molecule has 2 aromatic rings. The van der Waals surface area contributed by atoms with E-state index in [-0.39, 0.29) is 14.9 Å². The summed E-state index contributed by atoms with van der Waals surface area (Å²) < 4.78 is 24.8. The molecule has 0 amide bonds. The van der Waals surface area contributed by atoms with Crippen LogP contribution in [-0.2, 0) is 9.84 Å². The Morgan fingerprint density at radius 3 is 1.95 bits per heavy atom. The quantitative estimate of drug-likeness (QED) is 0.451. The van der Waals surface area contributed by atoms with Gasteiger partial charge in [-0.3, -0.25) is 0 Å². The number of halogens is 1. The van der Waals surface area contributed by atoms with Crippen molar-refractivity contribution in [3.63, 3.8) is 0 Å². The highest BCUT2D eigenvalue weighted by Crippen LogP contribution is 2.23. The van der Waals surface area contributed by atoms with E-state index >= 15 is 0 Å². The minimum absolute atomic E-state index is 0.182. The zero-order chi connectivity index (χ0) is 15.5. The fourth-order valence-electron chi connectivity index (χ4n) is 1.63. The van der Waals surface area contributed by atoms with Crippen LogP contribution in [0, 0.1) is 0 Å². The Morgan fingerprint density at radius 1 is 1.00 bits per heavy atom. The Kier molecular flexibility index (Phi) is 4.79. The molecule has 8 heteroatoms. The molecule has 0 atom stereocenters. The average molecular weight is 342 g/mol. The average Bonchev–Trinajstić information content (AvgIpc) is 2.48. The first-order valence-electron chi connectivity index (χ1n) is 5.82. The molecule has 4 N–H and O–H groups in total. The lowest BCUT2D eigenvalue weighted by molar-refractivity contribution is 0.596. The molecule has 0 aliphatic heterocycles. The van der Waals surface area contributed by atoms with Crippen LogP contribution < -0.4 is 16.6 Å². The van der Waals surface area contributed by atoms with Crippen LogP contribution in [0.15, 0.2) is 58.3 Å². The summed E-state index contributed by atoms with van der Waals surface area (Å²) in [4.78, 5) is 0.369. The zero-order valence-electron chi connectivity index (χ0n) is 10.7. The van der Waals surface area contributed by atoms with Crippen LogP contribution in [0.3, 0.4) is 0 Å². The number of sulfone groups is 1. The molecule has 0 bridgehead atoms. The fraction of sp³-hybridized carbons (Fsp3) is 0. The number of nitrogens with two attached hydrogens (primary N) is 1. The second-order valence-corrected chi connectivity index (χ2v) is 6.87. The molecule has 0 fully saturated rings. The summed E-state index contributed by atoms with van der Waals surface area (Å²) in [5.74, 6) is 5.15. The molecule has 0 saturated heterocycles. The van der Waals surface area contributed by atoms with Crippen molar-refractivity contribution in [2.24, 2.45) is 5.84 Å². The minimum atomic E-state index is -3.57. The largest absolute Gasteiger partial charge is 0.332 e. The number of anilines is 1. The second kappa shape index (κ2) is 6.40. The van der Waals surface area contributed by atoms with Crippen molar-refractivity contribution in [2.45, 2.75) is 9.79 Å². The first-order valence-corrected chi connectivity index (χ1v) is 8.09. The molecule has 2 aromatic carbocycles. The minimum Gasteiger partial charge on any atom is -0.332 e. The van der Waals surface area contributed by atoms with Gasteiger partial charge in [0.25, 0.3) is 0 Å². The van der Waals surface area contributed by atoms with Crippen LogP contribution in [0.25, 0.3) is 0 Å². The number of hydrogen-bond acceptors (Lipinski definition) is 4. The topological polar surface area (TPSA) is 84.2 Å². The standard InChI is InChI=1S/C13H12ClN3O2S2/c14-9-1-5-11(6-2-9)21(18,19)12-7-3-10(4-8-12)16-13(20)17-15/h1-8H,15H2,(H2,16,17,20). The summed E-state index contributed by atoms with van der Waals surface area (Å²) in [6, 6.07) is 12.2. The van der Waals surface area contributed by atoms with E-state index in [1.54, 1.807) is 12.1 Å². The Bertz CT molecular complexity index is 744. The van der Waals surface area contributed by atoms with Crippen molar-refractivity contribution in [1.82, 2.24) is 5.43 Å². The summed E-state index contributed by atoms with van der Waals surface area (Å²) >= 11 is 10.6. The number of benzene rings is 2. The SMILES string of the molecule is NNC(=S)Nc1ccc(S(=O)(=O)c2ccc(Cl)cc2)cc1. The summed E-state index contributed by atoms with van der Waals surface area (Å²) in [5, 5.41) is 3.52. The summed E-state index contributed by atoms with van der Waals surface area (Å²) in [5.41, 5.74) is 2.91. The van der Waals surface area contributed by atoms with Crippen LogP contribution in [-0.4, -0.2) is 13.5 Å². The summed E-state index contributed by atoms with van der Waals surface area (Å²) in [6.45, 7) is 0. The molecule has 0 aromatic heterocycles. The molecule has 0 spiro atoms. The molecular weight excluding hydrogens is 330 g/mol. The number of hydrazine groups is 1. The molecular formula is C13H12ClN3O2S2. The van der Waals surface area contributed by atoms with Crippen molar-refractivity contribution in [1.29, 1.82) is 0 Å². The Balaban J connectivity index is 2.29. The van der Waals surface area contributed by atoms with Crippen LogP contribution in [0.1, 0.15) is 0 Å². The summed E-state index contributed by atoms with van der Waals surface area (Å²) in [7, 11) is -3.57. The van der Waals surface area contributed by atoms with E-state index in [1.807, 2.05) is 0 Å². The Morgan fingerprint density at radius 2 is 1.48 bits per heavy atom. The van der Waals surface area contributed by atoms with Crippen molar-refractivity contribution in [3.8, 4) is 0 Å². The van der Waals surface area contributed by atoms with Gasteiger partial charge in [0.1, 0.15) is 0 Å². The van der Waals surface area contributed by atoms with Gasteiger partial charge in [0, 0.05) is 10.7 Å². The molecule has 0 heterocycles. The van der Waals surface area contributed by atoms with Crippen molar-refractivity contribution in [2.75, 3.05) is 5.32 Å². The van der Waals surface area contributed by atoms with E-state index in [0.29, 0.717) is 10.7 Å². The van der Waals surface area contributed by atoms with Gasteiger partial charge in [-0.05, 0) is 60.7 Å². The maximum Gasteiger partial charge on any atom is 0.206 e. The molecule has 21 heavy (non-hydrogen) atoms. The molecule has 0 unspecified atom stereocenters. The molecule has 0 aliphatic carbocycles. The van der Waals surface area contributed by atoms with E-state index in [4.69, 9.17) is 29.7 Å². The van der Waals surface area contributed by atoms with Crippen molar-refractivity contribution >= 4 is 44.5 Å². The first-order chi connectivity index (χ1) is 9.93. The Hall–Kier alpha value is -1.67. The van der Waals surface area contributed by atoms with Gasteiger partial charge in [-0.25, -0.2) is 14.3 Å². The van der Waals surface area contributed by atoms with Crippen molar-refractivity contribution in [3.05, 3.63) is 53.6 Å². The Labute approximate surface area is 133 Å². The molecule has 110 valence electrons. The van der Waals surface area contributed by atoms with E-state index in [1.165, 1.54) is 36.4 Å². The first kappa shape index (κ1) is 15.7. The highest BCUT2D eigenvalue weighted by atomic mass is 35.5. The maximum atomic E-state index is 12.4.